The monoisotopic (exact) mass is 280 g/mol. The van der Waals surface area contributed by atoms with Crippen molar-refractivity contribution in [1.82, 2.24) is 0 Å². The van der Waals surface area contributed by atoms with E-state index < -0.39 is 0 Å². The van der Waals surface area contributed by atoms with Crippen molar-refractivity contribution in [2.24, 2.45) is 0 Å². The third-order valence-electron chi connectivity index (χ3n) is 3.43. The summed E-state index contributed by atoms with van der Waals surface area (Å²) in [6.45, 7) is 0. The smallest absolute Gasteiger partial charge is 0.173 e. The van der Waals surface area contributed by atoms with E-state index in [4.69, 9.17) is 9.47 Å². The van der Waals surface area contributed by atoms with Gasteiger partial charge < -0.3 is 9.47 Å². The van der Waals surface area contributed by atoms with Crippen molar-refractivity contribution in [2.75, 3.05) is 20.0 Å². The predicted octanol–water partition coefficient (Wildman–Crippen LogP) is 3.56. The zero-order valence-electron chi connectivity index (χ0n) is 11.5. The fourth-order valence-electron chi connectivity index (χ4n) is 2.30. The van der Waals surface area contributed by atoms with Gasteiger partial charge in [0.25, 0.3) is 0 Å². The number of benzene rings is 1. The Morgan fingerprint density at radius 2 is 1.74 bits per heavy atom. The van der Waals surface area contributed by atoms with Crippen LogP contribution >= 0.6 is 11.8 Å². The maximum absolute atomic E-state index is 12.2. The summed E-state index contributed by atoms with van der Waals surface area (Å²) in [5, 5.41) is 0.663. The van der Waals surface area contributed by atoms with E-state index in [-0.39, 0.29) is 5.78 Å². The third kappa shape index (κ3) is 3.90. The van der Waals surface area contributed by atoms with Crippen molar-refractivity contribution < 1.29 is 14.3 Å². The zero-order chi connectivity index (χ0) is 13.7. The largest absolute Gasteiger partial charge is 0.497 e. The first-order valence-corrected chi connectivity index (χ1v) is 7.65. The van der Waals surface area contributed by atoms with Gasteiger partial charge in [-0.3, -0.25) is 4.79 Å². The van der Waals surface area contributed by atoms with Gasteiger partial charge in [-0.05, 0) is 25.0 Å². The van der Waals surface area contributed by atoms with Crippen LogP contribution in [0.4, 0.5) is 0 Å². The van der Waals surface area contributed by atoms with Crippen molar-refractivity contribution in [1.29, 1.82) is 0 Å². The summed E-state index contributed by atoms with van der Waals surface area (Å²) in [4.78, 5) is 12.2. The van der Waals surface area contributed by atoms with Crippen LogP contribution in [0.2, 0.25) is 0 Å². The summed E-state index contributed by atoms with van der Waals surface area (Å²) < 4.78 is 10.4. The fraction of sp³-hybridized carbons (Fsp3) is 0.533. The molecule has 19 heavy (non-hydrogen) atoms. The van der Waals surface area contributed by atoms with E-state index in [1.165, 1.54) is 25.7 Å². The summed E-state index contributed by atoms with van der Waals surface area (Å²) in [6, 6.07) is 5.33. The van der Waals surface area contributed by atoms with E-state index in [0.29, 0.717) is 28.1 Å². The van der Waals surface area contributed by atoms with E-state index in [1.807, 2.05) is 0 Å². The summed E-state index contributed by atoms with van der Waals surface area (Å²) in [5.74, 6) is 2.01. The van der Waals surface area contributed by atoms with Gasteiger partial charge in [-0.2, -0.15) is 11.8 Å². The van der Waals surface area contributed by atoms with E-state index in [1.54, 1.807) is 44.2 Å². The van der Waals surface area contributed by atoms with Gasteiger partial charge in [-0.25, -0.2) is 0 Å². The molecule has 0 spiro atoms. The Kier molecular flexibility index (Phi) is 5.14. The molecule has 1 aromatic carbocycles. The second-order valence-electron chi connectivity index (χ2n) is 4.74. The van der Waals surface area contributed by atoms with Gasteiger partial charge in [0.05, 0.1) is 20.0 Å². The Labute approximate surface area is 118 Å². The van der Waals surface area contributed by atoms with Crippen LogP contribution in [0.1, 0.15) is 36.0 Å². The number of rotatable bonds is 6. The molecule has 0 amide bonds. The van der Waals surface area contributed by atoms with E-state index in [2.05, 4.69) is 0 Å². The molecule has 1 fully saturated rings. The molecule has 0 aromatic heterocycles. The van der Waals surface area contributed by atoms with Crippen LogP contribution in [0.5, 0.6) is 11.5 Å². The number of carbonyl (C=O) groups is 1. The van der Waals surface area contributed by atoms with Crippen LogP contribution < -0.4 is 9.47 Å². The van der Waals surface area contributed by atoms with Crippen LogP contribution in [-0.4, -0.2) is 31.0 Å². The maximum Gasteiger partial charge on any atom is 0.173 e. The van der Waals surface area contributed by atoms with Crippen molar-refractivity contribution in [3.63, 3.8) is 0 Å². The molecule has 0 heterocycles. The van der Waals surface area contributed by atoms with Gasteiger partial charge in [0.2, 0.25) is 0 Å². The maximum atomic E-state index is 12.2. The van der Waals surface area contributed by atoms with Crippen LogP contribution in [0.25, 0.3) is 0 Å². The van der Waals surface area contributed by atoms with Crippen LogP contribution in [0.15, 0.2) is 18.2 Å². The molecule has 1 aliphatic rings. The van der Waals surface area contributed by atoms with Gasteiger partial charge in [-0.1, -0.05) is 12.8 Å². The molecular formula is C15H20O3S. The first-order valence-electron chi connectivity index (χ1n) is 6.61. The topological polar surface area (TPSA) is 35.5 Å². The van der Waals surface area contributed by atoms with Crippen LogP contribution in [0, 0.1) is 0 Å². The highest BCUT2D eigenvalue weighted by molar-refractivity contribution is 8.00. The second-order valence-corrected chi connectivity index (χ2v) is 6.03. The molecule has 2 rings (SSSR count). The van der Waals surface area contributed by atoms with E-state index >= 15 is 0 Å². The first kappa shape index (κ1) is 14.3. The molecule has 0 N–H and O–H groups in total. The Morgan fingerprint density at radius 1 is 1.16 bits per heavy atom. The highest BCUT2D eigenvalue weighted by Crippen LogP contribution is 2.30. The number of hydrogen-bond acceptors (Lipinski definition) is 4. The van der Waals surface area contributed by atoms with E-state index in [0.717, 1.165) is 0 Å². The molecule has 0 bridgehead atoms. The van der Waals surface area contributed by atoms with E-state index in [9.17, 15) is 4.79 Å². The molecular weight excluding hydrogens is 260 g/mol. The zero-order valence-corrected chi connectivity index (χ0v) is 12.3. The van der Waals surface area contributed by atoms with Crippen LogP contribution in [0.3, 0.4) is 0 Å². The first-order chi connectivity index (χ1) is 9.22. The molecule has 1 aromatic rings. The molecule has 0 radical (unpaired) electrons. The summed E-state index contributed by atoms with van der Waals surface area (Å²) in [6.07, 6.45) is 5.11. The third-order valence-corrected chi connectivity index (χ3v) is 4.80. The molecule has 0 atom stereocenters. The number of hydrogen-bond donors (Lipinski definition) is 0. The lowest BCUT2D eigenvalue weighted by molar-refractivity contribution is 0.102. The lowest BCUT2D eigenvalue weighted by atomic mass is 10.1. The van der Waals surface area contributed by atoms with Gasteiger partial charge in [-0.15, -0.1) is 0 Å². The van der Waals surface area contributed by atoms with Gasteiger partial charge in [0, 0.05) is 16.9 Å². The Balaban J connectivity index is 2.00. The normalized spacial score (nSPS) is 15.5. The lowest BCUT2D eigenvalue weighted by Gasteiger charge is -2.10. The highest BCUT2D eigenvalue weighted by Gasteiger charge is 2.18. The Hall–Kier alpha value is -1.16. The van der Waals surface area contributed by atoms with Crippen molar-refractivity contribution in [2.45, 2.75) is 30.9 Å². The average molecular weight is 280 g/mol. The molecule has 104 valence electrons. The van der Waals surface area contributed by atoms with Gasteiger partial charge in [0.1, 0.15) is 11.5 Å². The number of thioether (sulfide) groups is 1. The quantitative estimate of drug-likeness (QED) is 0.746. The second kappa shape index (κ2) is 6.85. The van der Waals surface area contributed by atoms with Crippen molar-refractivity contribution >= 4 is 17.5 Å². The SMILES string of the molecule is COc1cc(OC)cc(C(=O)CSC2CCCC2)c1. The number of carbonyl (C=O) groups excluding carboxylic acids is 1. The predicted molar refractivity (Wildman–Crippen MR) is 78.6 cm³/mol. The van der Waals surface area contributed by atoms with Gasteiger partial charge >= 0.3 is 0 Å². The fourth-order valence-corrected chi connectivity index (χ4v) is 3.52. The molecule has 0 unspecified atom stereocenters. The Morgan fingerprint density at radius 3 is 2.26 bits per heavy atom. The number of methoxy groups -OCH3 is 2. The van der Waals surface area contributed by atoms with Crippen LogP contribution in [-0.2, 0) is 0 Å². The minimum Gasteiger partial charge on any atom is -0.497 e. The summed E-state index contributed by atoms with van der Waals surface area (Å²) >= 11 is 1.78. The van der Waals surface area contributed by atoms with Crippen molar-refractivity contribution in [3.8, 4) is 11.5 Å². The minimum absolute atomic E-state index is 0.147. The molecule has 1 aliphatic carbocycles. The molecule has 0 saturated heterocycles. The number of ketones is 1. The molecule has 4 heteroatoms. The highest BCUT2D eigenvalue weighted by atomic mass is 32.2. The standard InChI is InChI=1S/C15H20O3S/c1-17-12-7-11(8-13(9-12)18-2)15(16)10-19-14-5-3-4-6-14/h7-9,14H,3-6,10H2,1-2H3. The average Bonchev–Trinajstić information content (AvgIpc) is 2.97. The van der Waals surface area contributed by atoms with Gasteiger partial charge in [0.15, 0.2) is 5.78 Å². The number of ether oxygens (including phenoxy) is 2. The lowest BCUT2D eigenvalue weighted by Crippen LogP contribution is -2.07. The molecule has 0 aliphatic heterocycles. The molecule has 3 nitrogen and oxygen atoms in total. The Bertz CT molecular complexity index is 417. The summed E-state index contributed by atoms with van der Waals surface area (Å²) in [5.41, 5.74) is 0.668. The number of Topliss-reactive ketones (excluding diaryl/α,β-unsaturated/α-hetero) is 1. The molecule has 1 saturated carbocycles. The van der Waals surface area contributed by atoms with Crippen molar-refractivity contribution in [3.05, 3.63) is 23.8 Å². The minimum atomic E-state index is 0.147. The summed E-state index contributed by atoms with van der Waals surface area (Å²) in [7, 11) is 3.19.